The maximum absolute atomic E-state index is 12.3. The van der Waals surface area contributed by atoms with Crippen molar-refractivity contribution in [1.82, 2.24) is 15.0 Å². The van der Waals surface area contributed by atoms with Crippen LogP contribution < -0.4 is 0 Å². The number of amides is 1. The van der Waals surface area contributed by atoms with Crippen molar-refractivity contribution in [2.45, 2.75) is 6.92 Å². The molecule has 1 fully saturated rings. The topological polar surface area (TPSA) is 62.7 Å². The smallest absolute Gasteiger partial charge is 0.276 e. The van der Waals surface area contributed by atoms with E-state index < -0.39 is 0 Å². The van der Waals surface area contributed by atoms with E-state index in [-0.39, 0.29) is 5.91 Å². The minimum atomic E-state index is -0.0812. The van der Waals surface area contributed by atoms with Crippen LogP contribution in [0, 0.1) is 0 Å². The molecule has 1 aliphatic rings. The maximum atomic E-state index is 12.3. The number of nitrogens with zero attached hydrogens (tertiary/aromatic N) is 3. The normalized spacial score (nSPS) is 16.6. The van der Waals surface area contributed by atoms with Crippen LogP contribution in [0.4, 0.5) is 0 Å². The lowest BCUT2D eigenvalue weighted by Gasteiger charge is -2.33. The van der Waals surface area contributed by atoms with E-state index >= 15 is 0 Å². The Morgan fingerprint density at radius 2 is 2.10 bits per heavy atom. The van der Waals surface area contributed by atoms with Gasteiger partial charge in [-0.15, -0.1) is 0 Å². The van der Waals surface area contributed by atoms with Crippen molar-refractivity contribution in [2.24, 2.45) is 0 Å². The molecule has 6 heteroatoms. The molecule has 20 heavy (non-hydrogen) atoms. The van der Waals surface area contributed by atoms with E-state index in [1.165, 1.54) is 0 Å². The number of aromatic nitrogens is 1. The molecule has 0 N–H and O–H groups in total. The minimum absolute atomic E-state index is 0.0812. The second-order valence-corrected chi connectivity index (χ2v) is 4.78. The first-order valence-corrected chi connectivity index (χ1v) is 6.80. The second kappa shape index (κ2) is 5.50. The van der Waals surface area contributed by atoms with Gasteiger partial charge in [-0.3, -0.25) is 4.79 Å². The van der Waals surface area contributed by atoms with Crippen LogP contribution in [0.3, 0.4) is 0 Å². The number of rotatable bonds is 3. The first-order chi connectivity index (χ1) is 9.78. The number of carbonyl (C=O) groups is 1. The van der Waals surface area contributed by atoms with Crippen molar-refractivity contribution in [3.05, 3.63) is 30.2 Å². The molecular formula is C14H17N3O3. The number of piperazine rings is 1. The third kappa shape index (κ3) is 2.46. The highest BCUT2D eigenvalue weighted by Gasteiger charge is 2.24. The van der Waals surface area contributed by atoms with Gasteiger partial charge in [0, 0.05) is 32.2 Å². The van der Waals surface area contributed by atoms with Crippen LogP contribution in [0.1, 0.15) is 17.4 Å². The number of carbonyl (C=O) groups excluding carboxylic acids is 1. The average molecular weight is 275 g/mol. The molecular weight excluding hydrogens is 258 g/mol. The minimum Gasteiger partial charge on any atom is -0.461 e. The summed E-state index contributed by atoms with van der Waals surface area (Å²) >= 11 is 0. The van der Waals surface area contributed by atoms with E-state index in [9.17, 15) is 4.79 Å². The van der Waals surface area contributed by atoms with Crippen LogP contribution in [-0.2, 0) is 0 Å². The highest BCUT2D eigenvalue weighted by atomic mass is 16.5. The van der Waals surface area contributed by atoms with Gasteiger partial charge in [0.05, 0.1) is 6.26 Å². The van der Waals surface area contributed by atoms with Crippen molar-refractivity contribution < 1.29 is 13.7 Å². The first kappa shape index (κ1) is 12.9. The van der Waals surface area contributed by atoms with Gasteiger partial charge in [-0.05, 0) is 18.7 Å². The molecule has 3 rings (SSSR count). The molecule has 1 saturated heterocycles. The second-order valence-electron chi connectivity index (χ2n) is 4.78. The van der Waals surface area contributed by atoms with Crippen LogP contribution in [0.15, 0.2) is 33.4 Å². The zero-order valence-corrected chi connectivity index (χ0v) is 11.4. The Labute approximate surface area is 116 Å². The molecule has 2 aromatic rings. The third-order valence-corrected chi connectivity index (χ3v) is 3.60. The van der Waals surface area contributed by atoms with E-state index in [0.29, 0.717) is 17.2 Å². The summed E-state index contributed by atoms with van der Waals surface area (Å²) in [5.41, 5.74) is 0.335. The van der Waals surface area contributed by atoms with Crippen LogP contribution >= 0.6 is 0 Å². The van der Waals surface area contributed by atoms with Gasteiger partial charge in [-0.2, -0.15) is 0 Å². The molecule has 2 aromatic heterocycles. The number of hydrogen-bond donors (Lipinski definition) is 0. The van der Waals surface area contributed by atoms with E-state index in [0.717, 1.165) is 32.7 Å². The highest BCUT2D eigenvalue weighted by molar-refractivity contribution is 5.93. The zero-order valence-electron chi connectivity index (χ0n) is 11.4. The zero-order chi connectivity index (χ0) is 13.9. The maximum Gasteiger partial charge on any atom is 0.276 e. The summed E-state index contributed by atoms with van der Waals surface area (Å²) in [5.74, 6) is 0.972. The Morgan fingerprint density at radius 3 is 2.75 bits per heavy atom. The summed E-state index contributed by atoms with van der Waals surface area (Å²) in [6, 6.07) is 5.17. The summed E-state index contributed by atoms with van der Waals surface area (Å²) in [4.78, 5) is 16.5. The van der Waals surface area contributed by atoms with Gasteiger partial charge in [0.1, 0.15) is 0 Å². The largest absolute Gasteiger partial charge is 0.461 e. The van der Waals surface area contributed by atoms with Crippen LogP contribution in [-0.4, -0.2) is 53.6 Å². The molecule has 0 saturated carbocycles. The fraction of sp³-hybridized carbons (Fsp3) is 0.429. The molecule has 0 aliphatic carbocycles. The monoisotopic (exact) mass is 275 g/mol. The summed E-state index contributed by atoms with van der Waals surface area (Å²) in [6.45, 7) is 6.43. The third-order valence-electron chi connectivity index (χ3n) is 3.60. The standard InChI is InChI=1S/C14H17N3O3/c1-2-16-5-7-17(8-6-16)14(18)11-10-13(20-15-11)12-4-3-9-19-12/h3-4,9-10H,2,5-8H2,1H3. The highest BCUT2D eigenvalue weighted by Crippen LogP contribution is 2.21. The fourth-order valence-corrected chi connectivity index (χ4v) is 2.34. The molecule has 1 amide bonds. The Bertz CT molecular complexity index is 568. The van der Waals surface area contributed by atoms with Gasteiger partial charge >= 0.3 is 0 Å². The Kier molecular flexibility index (Phi) is 3.56. The number of hydrogen-bond acceptors (Lipinski definition) is 5. The summed E-state index contributed by atoms with van der Waals surface area (Å²) < 4.78 is 10.4. The van der Waals surface area contributed by atoms with Crippen LogP contribution in [0.2, 0.25) is 0 Å². The lowest BCUT2D eigenvalue weighted by molar-refractivity contribution is 0.0633. The number of furan rings is 1. The van der Waals surface area contributed by atoms with Gasteiger partial charge in [0.25, 0.3) is 5.91 Å². The summed E-state index contributed by atoms with van der Waals surface area (Å²) in [6.07, 6.45) is 1.56. The first-order valence-electron chi connectivity index (χ1n) is 6.80. The molecule has 0 atom stereocenters. The van der Waals surface area contributed by atoms with Crippen molar-refractivity contribution >= 4 is 5.91 Å². The van der Waals surface area contributed by atoms with Crippen molar-refractivity contribution in [3.8, 4) is 11.5 Å². The summed E-state index contributed by atoms with van der Waals surface area (Å²) in [7, 11) is 0. The predicted molar refractivity (Wildman–Crippen MR) is 72.2 cm³/mol. The number of likely N-dealkylation sites (N-methyl/N-ethyl adjacent to an activating group) is 1. The lowest BCUT2D eigenvalue weighted by Crippen LogP contribution is -2.48. The van der Waals surface area contributed by atoms with Crippen molar-refractivity contribution in [1.29, 1.82) is 0 Å². The average Bonchev–Trinajstić information content (AvgIpc) is 3.17. The molecule has 0 aromatic carbocycles. The fourth-order valence-electron chi connectivity index (χ4n) is 2.34. The molecule has 3 heterocycles. The van der Waals surface area contributed by atoms with E-state index in [1.54, 1.807) is 24.5 Å². The summed E-state index contributed by atoms with van der Waals surface area (Å²) in [5, 5.41) is 3.85. The molecule has 0 spiro atoms. The van der Waals surface area contributed by atoms with Crippen molar-refractivity contribution in [3.63, 3.8) is 0 Å². The van der Waals surface area contributed by atoms with E-state index in [4.69, 9.17) is 8.94 Å². The van der Waals surface area contributed by atoms with Crippen molar-refractivity contribution in [2.75, 3.05) is 32.7 Å². The van der Waals surface area contributed by atoms with Crippen LogP contribution in [0.5, 0.6) is 0 Å². The molecule has 0 bridgehead atoms. The predicted octanol–water partition coefficient (Wildman–Crippen LogP) is 1.71. The van der Waals surface area contributed by atoms with Gasteiger partial charge in [0.2, 0.25) is 5.76 Å². The van der Waals surface area contributed by atoms with Gasteiger partial charge in [0.15, 0.2) is 11.5 Å². The Hall–Kier alpha value is -2.08. The molecule has 0 unspecified atom stereocenters. The lowest BCUT2D eigenvalue weighted by atomic mass is 10.2. The SMILES string of the molecule is CCN1CCN(C(=O)c2cc(-c3ccco3)on2)CC1. The van der Waals surface area contributed by atoms with E-state index in [2.05, 4.69) is 17.0 Å². The molecule has 1 aliphatic heterocycles. The molecule has 106 valence electrons. The van der Waals surface area contributed by atoms with Crippen LogP contribution in [0.25, 0.3) is 11.5 Å². The van der Waals surface area contributed by atoms with Gasteiger partial charge < -0.3 is 18.7 Å². The van der Waals surface area contributed by atoms with Gasteiger partial charge in [-0.1, -0.05) is 12.1 Å². The van der Waals surface area contributed by atoms with E-state index in [1.807, 2.05) is 4.90 Å². The Morgan fingerprint density at radius 1 is 1.30 bits per heavy atom. The molecule has 6 nitrogen and oxygen atoms in total. The quantitative estimate of drug-likeness (QED) is 0.853. The Balaban J connectivity index is 1.69. The molecule has 0 radical (unpaired) electrons. The van der Waals surface area contributed by atoms with Gasteiger partial charge in [-0.25, -0.2) is 0 Å².